The van der Waals surface area contributed by atoms with Crippen LogP contribution in [0.1, 0.15) is 0 Å². The number of nitrogens with one attached hydrogen (secondary N) is 1. The van der Waals surface area contributed by atoms with E-state index in [-0.39, 0.29) is 10.7 Å². The van der Waals surface area contributed by atoms with Gasteiger partial charge in [0.2, 0.25) is 0 Å². The number of rotatable bonds is 3. The summed E-state index contributed by atoms with van der Waals surface area (Å²) >= 11 is 5.80. The Morgan fingerprint density at radius 3 is 2.62 bits per heavy atom. The van der Waals surface area contributed by atoms with E-state index in [0.717, 1.165) is 0 Å². The van der Waals surface area contributed by atoms with Crippen LogP contribution in [0.3, 0.4) is 0 Å². The number of anilines is 1. The van der Waals surface area contributed by atoms with Gasteiger partial charge in [0.05, 0.1) is 4.90 Å². The van der Waals surface area contributed by atoms with Gasteiger partial charge in [0.25, 0.3) is 10.0 Å². The molecule has 1 aliphatic rings. The largest absolute Gasteiger partial charge is 0.486 e. The summed E-state index contributed by atoms with van der Waals surface area (Å²) in [6.07, 6.45) is 1.42. The average molecular weight is 327 g/mol. The number of benzene rings is 1. The second-order valence-corrected chi connectivity index (χ2v) is 6.39. The molecule has 0 saturated heterocycles. The Hall–Kier alpha value is -1.99. The molecule has 1 aliphatic heterocycles. The molecule has 0 fully saturated rings. The van der Waals surface area contributed by atoms with Gasteiger partial charge in [-0.25, -0.2) is 13.4 Å². The van der Waals surface area contributed by atoms with E-state index in [4.69, 9.17) is 21.1 Å². The first-order valence-electron chi connectivity index (χ1n) is 6.09. The second kappa shape index (κ2) is 5.42. The van der Waals surface area contributed by atoms with E-state index in [1.165, 1.54) is 24.4 Å². The van der Waals surface area contributed by atoms with Crippen molar-refractivity contribution in [1.29, 1.82) is 0 Å². The van der Waals surface area contributed by atoms with E-state index in [1.54, 1.807) is 12.1 Å². The van der Waals surface area contributed by atoms with Gasteiger partial charge >= 0.3 is 0 Å². The summed E-state index contributed by atoms with van der Waals surface area (Å²) in [6, 6.07) is 7.41. The lowest BCUT2D eigenvalue weighted by Gasteiger charge is -2.19. The van der Waals surface area contributed by atoms with Gasteiger partial charge in [-0.1, -0.05) is 11.6 Å². The van der Waals surface area contributed by atoms with Gasteiger partial charge in [0.1, 0.15) is 19.0 Å². The average Bonchev–Trinajstić information content (AvgIpc) is 2.46. The monoisotopic (exact) mass is 326 g/mol. The van der Waals surface area contributed by atoms with Crippen molar-refractivity contribution in [3.8, 4) is 11.5 Å². The lowest BCUT2D eigenvalue weighted by atomic mass is 10.3. The van der Waals surface area contributed by atoms with Crippen LogP contribution in [0.2, 0.25) is 5.02 Å². The van der Waals surface area contributed by atoms with Gasteiger partial charge in [-0.2, -0.15) is 0 Å². The van der Waals surface area contributed by atoms with Crippen LogP contribution in [0, 0.1) is 0 Å². The number of pyridine rings is 1. The number of sulfonamides is 1. The van der Waals surface area contributed by atoms with Crippen LogP contribution in [-0.2, 0) is 10.0 Å². The minimum Gasteiger partial charge on any atom is -0.486 e. The summed E-state index contributed by atoms with van der Waals surface area (Å²) in [5.74, 6) is 1.08. The third kappa shape index (κ3) is 3.03. The van der Waals surface area contributed by atoms with Crippen molar-refractivity contribution in [3.63, 3.8) is 0 Å². The van der Waals surface area contributed by atoms with E-state index >= 15 is 0 Å². The van der Waals surface area contributed by atoms with Crippen molar-refractivity contribution < 1.29 is 17.9 Å². The summed E-state index contributed by atoms with van der Waals surface area (Å²) in [4.78, 5) is 3.97. The zero-order valence-corrected chi connectivity index (χ0v) is 12.3. The Labute approximate surface area is 126 Å². The number of nitrogens with zero attached hydrogens (tertiary/aromatic N) is 1. The lowest BCUT2D eigenvalue weighted by molar-refractivity contribution is 0.171. The van der Waals surface area contributed by atoms with Crippen LogP contribution < -0.4 is 14.2 Å². The van der Waals surface area contributed by atoms with Crippen molar-refractivity contribution >= 4 is 27.4 Å². The number of fused-ring (bicyclic) bond motifs is 1. The Bertz CT molecular complexity index is 779. The second-order valence-electron chi connectivity index (χ2n) is 4.27. The normalized spacial score (nSPS) is 13.8. The highest BCUT2D eigenvalue weighted by Gasteiger charge is 2.19. The standard InChI is InChI=1S/C13H11ClN2O4S/c14-9-3-4-15-13(7-9)16-21(17,18)10-1-2-11-12(8-10)20-6-5-19-11/h1-4,7-8H,5-6H2,(H,15,16). The van der Waals surface area contributed by atoms with Crippen LogP contribution in [0.25, 0.3) is 0 Å². The first-order chi connectivity index (χ1) is 10.0. The van der Waals surface area contributed by atoms with Gasteiger partial charge in [0, 0.05) is 23.4 Å². The molecular weight excluding hydrogens is 316 g/mol. The lowest BCUT2D eigenvalue weighted by Crippen LogP contribution is -2.17. The molecule has 0 radical (unpaired) electrons. The van der Waals surface area contributed by atoms with Crippen LogP contribution >= 0.6 is 11.6 Å². The first-order valence-corrected chi connectivity index (χ1v) is 7.95. The van der Waals surface area contributed by atoms with E-state index in [0.29, 0.717) is 29.7 Å². The Kier molecular flexibility index (Phi) is 3.60. The molecule has 2 heterocycles. The summed E-state index contributed by atoms with van der Waals surface area (Å²) in [5.41, 5.74) is 0. The predicted octanol–water partition coefficient (Wildman–Crippen LogP) is 2.31. The molecule has 3 rings (SSSR count). The molecule has 2 aromatic rings. The predicted molar refractivity (Wildman–Crippen MR) is 77.5 cm³/mol. The minimum absolute atomic E-state index is 0.0634. The molecule has 0 unspecified atom stereocenters. The van der Waals surface area contributed by atoms with Crippen LogP contribution in [0.15, 0.2) is 41.4 Å². The molecule has 110 valence electrons. The molecule has 21 heavy (non-hydrogen) atoms. The molecule has 8 heteroatoms. The first kappa shape index (κ1) is 14.0. The fraction of sp³-hybridized carbons (Fsp3) is 0.154. The van der Waals surface area contributed by atoms with E-state index in [2.05, 4.69) is 9.71 Å². The number of hydrogen-bond donors (Lipinski definition) is 1. The molecule has 1 aromatic carbocycles. The maximum atomic E-state index is 12.3. The quantitative estimate of drug-likeness (QED) is 0.936. The molecular formula is C13H11ClN2O4S. The van der Waals surface area contributed by atoms with E-state index < -0.39 is 10.0 Å². The summed E-state index contributed by atoms with van der Waals surface area (Å²) < 4.78 is 37.7. The van der Waals surface area contributed by atoms with Crippen LogP contribution in [0.4, 0.5) is 5.82 Å². The fourth-order valence-corrected chi connectivity index (χ4v) is 3.02. The summed E-state index contributed by atoms with van der Waals surface area (Å²) in [6.45, 7) is 0.837. The molecule has 0 aliphatic carbocycles. The van der Waals surface area contributed by atoms with Gasteiger partial charge in [-0.3, -0.25) is 4.72 Å². The third-order valence-electron chi connectivity index (χ3n) is 2.78. The van der Waals surface area contributed by atoms with E-state index in [9.17, 15) is 8.42 Å². The molecule has 0 saturated carbocycles. The number of halogens is 1. The molecule has 0 atom stereocenters. The third-order valence-corrected chi connectivity index (χ3v) is 4.37. The maximum absolute atomic E-state index is 12.3. The summed E-state index contributed by atoms with van der Waals surface area (Å²) in [5, 5.41) is 0.393. The molecule has 6 nitrogen and oxygen atoms in total. The number of ether oxygens (including phenoxy) is 2. The van der Waals surface area contributed by atoms with Crippen molar-refractivity contribution in [2.24, 2.45) is 0 Å². The van der Waals surface area contributed by atoms with Crippen molar-refractivity contribution in [2.75, 3.05) is 17.9 Å². The zero-order valence-electron chi connectivity index (χ0n) is 10.7. The highest BCUT2D eigenvalue weighted by Crippen LogP contribution is 2.32. The topological polar surface area (TPSA) is 77.5 Å². The fourth-order valence-electron chi connectivity index (χ4n) is 1.85. The Morgan fingerprint density at radius 1 is 1.10 bits per heavy atom. The van der Waals surface area contributed by atoms with Gasteiger partial charge in [-0.15, -0.1) is 0 Å². The number of hydrogen-bond acceptors (Lipinski definition) is 5. The molecule has 0 spiro atoms. The zero-order chi connectivity index (χ0) is 14.9. The van der Waals surface area contributed by atoms with Gasteiger partial charge < -0.3 is 9.47 Å². The van der Waals surface area contributed by atoms with Gasteiger partial charge in [-0.05, 0) is 18.2 Å². The summed E-state index contributed by atoms with van der Waals surface area (Å²) in [7, 11) is -3.77. The maximum Gasteiger partial charge on any atom is 0.263 e. The minimum atomic E-state index is -3.77. The molecule has 1 N–H and O–H groups in total. The van der Waals surface area contributed by atoms with Gasteiger partial charge in [0.15, 0.2) is 11.5 Å². The smallest absolute Gasteiger partial charge is 0.263 e. The van der Waals surface area contributed by atoms with Crippen molar-refractivity contribution in [2.45, 2.75) is 4.90 Å². The highest BCUT2D eigenvalue weighted by atomic mass is 35.5. The number of aromatic nitrogens is 1. The molecule has 0 bridgehead atoms. The Morgan fingerprint density at radius 2 is 1.86 bits per heavy atom. The van der Waals surface area contributed by atoms with Crippen LogP contribution in [-0.4, -0.2) is 26.6 Å². The Balaban J connectivity index is 1.91. The molecule has 1 aromatic heterocycles. The molecule has 0 amide bonds. The SMILES string of the molecule is O=S(=O)(Nc1cc(Cl)ccn1)c1ccc2c(c1)OCCO2. The van der Waals surface area contributed by atoms with Crippen molar-refractivity contribution in [3.05, 3.63) is 41.6 Å². The highest BCUT2D eigenvalue weighted by molar-refractivity contribution is 7.92. The van der Waals surface area contributed by atoms with Crippen LogP contribution in [0.5, 0.6) is 11.5 Å². The van der Waals surface area contributed by atoms with Crippen molar-refractivity contribution in [1.82, 2.24) is 4.98 Å². The van der Waals surface area contributed by atoms with E-state index in [1.807, 2.05) is 0 Å².